The second-order valence-electron chi connectivity index (χ2n) is 6.17. The van der Waals surface area contributed by atoms with Crippen molar-refractivity contribution in [3.8, 4) is 0 Å². The van der Waals surface area contributed by atoms with Gasteiger partial charge in [-0.3, -0.25) is 9.59 Å². The van der Waals surface area contributed by atoms with Gasteiger partial charge in [0.25, 0.3) is 5.91 Å². The molecule has 0 spiro atoms. The van der Waals surface area contributed by atoms with E-state index in [1.807, 2.05) is 0 Å². The van der Waals surface area contributed by atoms with Crippen molar-refractivity contribution >= 4 is 18.0 Å². The SMILES string of the molecule is CC(=O)O[C@@H](C)C(=O)N1C(=O)O[C@@H]2[C@H]3OC(C)(C)OC[C@H]3O[C@@H]21. The van der Waals surface area contributed by atoms with E-state index in [1.165, 1.54) is 13.8 Å². The fourth-order valence-corrected chi connectivity index (χ4v) is 2.95. The molecule has 0 saturated carbocycles. The lowest BCUT2D eigenvalue weighted by Crippen LogP contribution is -2.50. The number of amides is 2. The van der Waals surface area contributed by atoms with Gasteiger partial charge >= 0.3 is 12.1 Å². The van der Waals surface area contributed by atoms with E-state index < -0.39 is 54.4 Å². The molecule has 0 aromatic heterocycles. The van der Waals surface area contributed by atoms with E-state index in [2.05, 4.69) is 0 Å². The Morgan fingerprint density at radius 3 is 2.70 bits per heavy atom. The molecule has 3 aliphatic heterocycles. The van der Waals surface area contributed by atoms with Gasteiger partial charge in [0, 0.05) is 6.92 Å². The van der Waals surface area contributed by atoms with E-state index in [1.54, 1.807) is 13.8 Å². The minimum absolute atomic E-state index is 0.268. The number of carbonyl (C=O) groups is 3. The smallest absolute Gasteiger partial charge is 0.419 e. The summed E-state index contributed by atoms with van der Waals surface area (Å²) >= 11 is 0. The van der Waals surface area contributed by atoms with Crippen LogP contribution in [0.25, 0.3) is 0 Å². The summed E-state index contributed by atoms with van der Waals surface area (Å²) in [4.78, 5) is 36.2. The summed E-state index contributed by atoms with van der Waals surface area (Å²) in [5.41, 5.74) is 0. The van der Waals surface area contributed by atoms with Crippen LogP contribution in [-0.4, -0.2) is 65.9 Å². The number of hydrogen-bond acceptors (Lipinski definition) is 8. The standard InChI is InChI=1S/C14H19NO8/c1-6(20-7(2)16)11(17)15-12-10(22-13(15)18)9-8(21-12)5-19-14(3,4)23-9/h6,8-10,12H,5H2,1-4H3/t6-,8+,9-,10+,12-/m0/s1. The van der Waals surface area contributed by atoms with Crippen molar-refractivity contribution < 1.29 is 38.1 Å². The highest BCUT2D eigenvalue weighted by Gasteiger charge is 2.61. The van der Waals surface area contributed by atoms with Crippen LogP contribution < -0.4 is 0 Å². The Labute approximate surface area is 132 Å². The average Bonchev–Trinajstić information content (AvgIpc) is 2.91. The maximum absolute atomic E-state index is 12.4. The first-order valence-corrected chi connectivity index (χ1v) is 7.38. The lowest BCUT2D eigenvalue weighted by molar-refractivity contribution is -0.301. The summed E-state index contributed by atoms with van der Waals surface area (Å²) in [6.07, 6.45) is -4.56. The zero-order valence-electron chi connectivity index (χ0n) is 13.3. The molecule has 0 bridgehead atoms. The Kier molecular flexibility index (Phi) is 3.81. The first-order valence-electron chi connectivity index (χ1n) is 7.38. The van der Waals surface area contributed by atoms with Crippen LogP contribution in [0.2, 0.25) is 0 Å². The first-order chi connectivity index (χ1) is 10.7. The van der Waals surface area contributed by atoms with Gasteiger partial charge < -0.3 is 23.7 Å². The molecule has 0 aromatic carbocycles. The van der Waals surface area contributed by atoms with E-state index in [0.29, 0.717) is 0 Å². The second-order valence-corrected chi connectivity index (χ2v) is 6.17. The molecule has 0 unspecified atom stereocenters. The lowest BCUT2D eigenvalue weighted by Gasteiger charge is -2.37. The molecular formula is C14H19NO8. The van der Waals surface area contributed by atoms with E-state index in [-0.39, 0.29) is 6.61 Å². The van der Waals surface area contributed by atoms with Gasteiger partial charge in [-0.1, -0.05) is 0 Å². The summed E-state index contributed by atoms with van der Waals surface area (Å²) in [7, 11) is 0. The number of nitrogens with zero attached hydrogens (tertiary/aromatic N) is 1. The molecule has 2 amide bonds. The third-order valence-corrected chi connectivity index (χ3v) is 3.92. The molecule has 0 N–H and O–H groups in total. The van der Waals surface area contributed by atoms with Crippen LogP contribution in [0.3, 0.4) is 0 Å². The van der Waals surface area contributed by atoms with Crippen LogP contribution in [0.15, 0.2) is 0 Å². The summed E-state index contributed by atoms with van der Waals surface area (Å²) in [5, 5.41) is 0. The zero-order chi connectivity index (χ0) is 16.9. The van der Waals surface area contributed by atoms with Crippen molar-refractivity contribution in [3.63, 3.8) is 0 Å². The zero-order valence-corrected chi connectivity index (χ0v) is 13.3. The third-order valence-electron chi connectivity index (χ3n) is 3.92. The molecule has 0 aliphatic carbocycles. The Bertz CT molecular complexity index is 547. The highest BCUT2D eigenvalue weighted by molar-refractivity contribution is 5.96. The minimum Gasteiger partial charge on any atom is -0.453 e. The molecule has 3 fully saturated rings. The van der Waals surface area contributed by atoms with E-state index in [0.717, 1.165) is 4.90 Å². The molecule has 3 saturated heterocycles. The van der Waals surface area contributed by atoms with E-state index >= 15 is 0 Å². The number of rotatable bonds is 2. The fraction of sp³-hybridized carbons (Fsp3) is 0.786. The molecule has 3 heterocycles. The summed E-state index contributed by atoms with van der Waals surface area (Å²) < 4.78 is 27.1. The number of esters is 1. The Hall–Kier alpha value is -1.71. The van der Waals surface area contributed by atoms with Crippen LogP contribution in [-0.2, 0) is 33.3 Å². The number of fused-ring (bicyclic) bond motifs is 3. The van der Waals surface area contributed by atoms with Gasteiger partial charge in [-0.2, -0.15) is 0 Å². The molecule has 5 atom stereocenters. The second kappa shape index (κ2) is 5.43. The molecule has 3 aliphatic rings. The predicted octanol–water partition coefficient (Wildman–Crippen LogP) is 0.162. The van der Waals surface area contributed by atoms with Gasteiger partial charge in [-0.15, -0.1) is 0 Å². The number of carbonyl (C=O) groups excluding carboxylic acids is 3. The van der Waals surface area contributed by atoms with Gasteiger partial charge in [0.15, 0.2) is 24.2 Å². The molecule has 128 valence electrons. The predicted molar refractivity (Wildman–Crippen MR) is 71.9 cm³/mol. The van der Waals surface area contributed by atoms with Gasteiger partial charge in [-0.25, -0.2) is 9.69 Å². The largest absolute Gasteiger partial charge is 0.453 e. The van der Waals surface area contributed by atoms with Crippen molar-refractivity contribution in [2.45, 2.75) is 64.1 Å². The fourth-order valence-electron chi connectivity index (χ4n) is 2.95. The average molecular weight is 329 g/mol. The summed E-state index contributed by atoms with van der Waals surface area (Å²) in [5.74, 6) is -2.14. The first kappa shape index (κ1) is 16.2. The third kappa shape index (κ3) is 2.79. The molecule has 0 radical (unpaired) electrons. The minimum atomic E-state index is -1.11. The molecule has 0 aromatic rings. The van der Waals surface area contributed by atoms with Crippen LogP contribution in [0, 0.1) is 0 Å². The van der Waals surface area contributed by atoms with Gasteiger partial charge in [-0.05, 0) is 20.8 Å². The monoisotopic (exact) mass is 329 g/mol. The van der Waals surface area contributed by atoms with Gasteiger partial charge in [0.2, 0.25) is 0 Å². The summed E-state index contributed by atoms with van der Waals surface area (Å²) in [6, 6.07) is 0. The van der Waals surface area contributed by atoms with Gasteiger partial charge in [0.05, 0.1) is 6.61 Å². The van der Waals surface area contributed by atoms with Crippen molar-refractivity contribution in [1.29, 1.82) is 0 Å². The van der Waals surface area contributed by atoms with E-state index in [4.69, 9.17) is 23.7 Å². The lowest BCUT2D eigenvalue weighted by atomic mass is 10.1. The van der Waals surface area contributed by atoms with Crippen LogP contribution >= 0.6 is 0 Å². The van der Waals surface area contributed by atoms with Crippen LogP contribution in [0.1, 0.15) is 27.7 Å². The molecule has 3 rings (SSSR count). The topological polar surface area (TPSA) is 101 Å². The maximum atomic E-state index is 12.4. The number of ether oxygens (including phenoxy) is 5. The molecular weight excluding hydrogens is 310 g/mol. The normalized spacial score (nSPS) is 36.0. The van der Waals surface area contributed by atoms with Crippen molar-refractivity contribution in [2.75, 3.05) is 6.61 Å². The van der Waals surface area contributed by atoms with Crippen molar-refractivity contribution in [3.05, 3.63) is 0 Å². The van der Waals surface area contributed by atoms with E-state index in [9.17, 15) is 14.4 Å². The number of hydrogen-bond donors (Lipinski definition) is 0. The molecule has 23 heavy (non-hydrogen) atoms. The Morgan fingerprint density at radius 1 is 1.35 bits per heavy atom. The summed E-state index contributed by atoms with van der Waals surface area (Å²) in [6.45, 7) is 6.33. The Morgan fingerprint density at radius 2 is 2.04 bits per heavy atom. The van der Waals surface area contributed by atoms with Crippen LogP contribution in [0.4, 0.5) is 4.79 Å². The van der Waals surface area contributed by atoms with Crippen LogP contribution in [0.5, 0.6) is 0 Å². The van der Waals surface area contributed by atoms with Crippen molar-refractivity contribution in [1.82, 2.24) is 4.90 Å². The highest BCUT2D eigenvalue weighted by atomic mass is 16.8. The quantitative estimate of drug-likeness (QED) is 0.661. The molecule has 9 heteroatoms. The van der Waals surface area contributed by atoms with Crippen molar-refractivity contribution in [2.24, 2.45) is 0 Å². The number of imide groups is 1. The highest BCUT2D eigenvalue weighted by Crippen LogP contribution is 2.39. The van der Waals surface area contributed by atoms with Gasteiger partial charge in [0.1, 0.15) is 12.2 Å². The maximum Gasteiger partial charge on any atom is 0.419 e. The Balaban J connectivity index is 1.77. The molecule has 9 nitrogen and oxygen atoms in total.